The molecule has 0 unspecified atom stereocenters. The van der Waals surface area contributed by atoms with Crippen LogP contribution in [0.3, 0.4) is 0 Å². The van der Waals surface area contributed by atoms with Crippen molar-refractivity contribution in [1.82, 2.24) is 4.90 Å². The van der Waals surface area contributed by atoms with E-state index in [9.17, 15) is 24.3 Å². The standard InChI is InChI=1S/C30H30N2O6/c1-4-31-26(34)18-14-13-17-20(23(18)28(31)36)15-21-27(35)32(16-9-6-5-7-10-16)29(37)30(21,2)24(17)19-11-8-12-22(38-3)25(19)33/h5-13,18,20-21,23-24,33H,4,14-15H2,1-3H3/t18-,20+,21-,23-,24+,30+/m0/s1. The third-order valence-electron chi connectivity index (χ3n) is 9.26. The van der Waals surface area contributed by atoms with Crippen molar-refractivity contribution in [1.29, 1.82) is 0 Å². The van der Waals surface area contributed by atoms with Gasteiger partial charge in [-0.2, -0.15) is 0 Å². The number of nitrogens with zero attached hydrogens (tertiary/aromatic N) is 2. The van der Waals surface area contributed by atoms with E-state index in [0.717, 1.165) is 5.57 Å². The maximum atomic E-state index is 14.3. The molecule has 0 bridgehead atoms. The number of imide groups is 2. The smallest absolute Gasteiger partial charge is 0.241 e. The zero-order valence-corrected chi connectivity index (χ0v) is 21.6. The fourth-order valence-corrected chi connectivity index (χ4v) is 7.50. The average molecular weight is 515 g/mol. The lowest BCUT2D eigenvalue weighted by atomic mass is 9.51. The van der Waals surface area contributed by atoms with Crippen LogP contribution in [-0.4, -0.2) is 47.3 Å². The molecule has 196 valence electrons. The number of carbonyl (C=O) groups excluding carboxylic acids is 4. The van der Waals surface area contributed by atoms with Crippen LogP contribution in [0.5, 0.6) is 11.5 Å². The number of carbonyl (C=O) groups is 4. The van der Waals surface area contributed by atoms with E-state index in [0.29, 0.717) is 24.2 Å². The van der Waals surface area contributed by atoms with Crippen molar-refractivity contribution >= 4 is 29.3 Å². The number of rotatable bonds is 4. The molecule has 2 aliphatic carbocycles. The van der Waals surface area contributed by atoms with Gasteiger partial charge in [0.25, 0.3) is 0 Å². The van der Waals surface area contributed by atoms with Crippen molar-refractivity contribution in [2.45, 2.75) is 32.6 Å². The number of phenolic OH excluding ortho intramolecular Hbond substituents is 1. The fourth-order valence-electron chi connectivity index (χ4n) is 7.50. The van der Waals surface area contributed by atoms with Crippen LogP contribution in [-0.2, 0) is 19.2 Å². The summed E-state index contributed by atoms with van der Waals surface area (Å²) in [5, 5.41) is 11.3. The topological polar surface area (TPSA) is 104 Å². The van der Waals surface area contributed by atoms with Gasteiger partial charge in [-0.05, 0) is 50.8 Å². The molecule has 3 fully saturated rings. The Bertz CT molecular complexity index is 1400. The number of aromatic hydroxyl groups is 1. The fraction of sp³-hybridized carbons (Fsp3) is 0.400. The van der Waals surface area contributed by atoms with Gasteiger partial charge in [-0.15, -0.1) is 0 Å². The second-order valence-corrected chi connectivity index (χ2v) is 10.8. The molecule has 2 saturated heterocycles. The molecule has 0 spiro atoms. The Morgan fingerprint density at radius 2 is 1.71 bits per heavy atom. The van der Waals surface area contributed by atoms with Gasteiger partial charge in [0.05, 0.1) is 36.0 Å². The molecule has 4 amide bonds. The highest BCUT2D eigenvalue weighted by Crippen LogP contribution is 2.64. The summed E-state index contributed by atoms with van der Waals surface area (Å²) in [5.41, 5.74) is 0.600. The number of phenols is 1. The van der Waals surface area contributed by atoms with Crippen LogP contribution in [0.1, 0.15) is 38.2 Å². The number of amides is 4. The molecule has 8 heteroatoms. The van der Waals surface area contributed by atoms with Crippen LogP contribution in [0, 0.1) is 29.1 Å². The number of anilines is 1. The van der Waals surface area contributed by atoms with E-state index in [1.54, 1.807) is 56.3 Å². The molecule has 0 aromatic heterocycles. The summed E-state index contributed by atoms with van der Waals surface area (Å²) >= 11 is 0. The third-order valence-corrected chi connectivity index (χ3v) is 9.26. The zero-order chi connectivity index (χ0) is 26.9. The van der Waals surface area contributed by atoms with Gasteiger partial charge in [-0.1, -0.05) is 42.0 Å². The second kappa shape index (κ2) is 8.55. The van der Waals surface area contributed by atoms with E-state index < -0.39 is 35.0 Å². The normalized spacial score (nSPS) is 32.2. The average Bonchev–Trinajstić information content (AvgIpc) is 3.28. The first-order valence-electron chi connectivity index (χ1n) is 13.1. The van der Waals surface area contributed by atoms with Crippen LogP contribution < -0.4 is 9.64 Å². The van der Waals surface area contributed by atoms with Crippen molar-refractivity contribution in [3.63, 3.8) is 0 Å². The Morgan fingerprint density at radius 3 is 2.39 bits per heavy atom. The zero-order valence-electron chi connectivity index (χ0n) is 21.6. The molecule has 2 aliphatic heterocycles. The minimum Gasteiger partial charge on any atom is -0.504 e. The van der Waals surface area contributed by atoms with Crippen LogP contribution in [0.4, 0.5) is 5.69 Å². The Balaban J connectivity index is 1.56. The summed E-state index contributed by atoms with van der Waals surface area (Å²) in [4.78, 5) is 57.4. The van der Waals surface area contributed by atoms with Crippen LogP contribution in [0.2, 0.25) is 0 Å². The van der Waals surface area contributed by atoms with Crippen molar-refractivity contribution in [3.8, 4) is 11.5 Å². The minimum absolute atomic E-state index is 0.0916. The van der Waals surface area contributed by atoms with Crippen LogP contribution in [0.25, 0.3) is 0 Å². The third kappa shape index (κ3) is 3.03. The first-order valence-corrected chi connectivity index (χ1v) is 13.1. The van der Waals surface area contributed by atoms with Crippen molar-refractivity contribution < 1.29 is 29.0 Å². The number of likely N-dealkylation sites (tertiary alicyclic amines) is 1. The lowest BCUT2D eigenvalue weighted by Gasteiger charge is -2.49. The highest BCUT2D eigenvalue weighted by Gasteiger charge is 2.67. The van der Waals surface area contributed by atoms with Gasteiger partial charge in [0.1, 0.15) is 0 Å². The lowest BCUT2D eigenvalue weighted by Crippen LogP contribution is -2.48. The molecule has 0 radical (unpaired) electrons. The van der Waals surface area contributed by atoms with E-state index in [1.807, 2.05) is 12.1 Å². The van der Waals surface area contributed by atoms with E-state index in [1.165, 1.54) is 16.9 Å². The van der Waals surface area contributed by atoms with E-state index in [2.05, 4.69) is 0 Å². The summed E-state index contributed by atoms with van der Waals surface area (Å²) in [6, 6.07) is 14.0. The second-order valence-electron chi connectivity index (χ2n) is 10.8. The summed E-state index contributed by atoms with van der Waals surface area (Å²) in [6.45, 7) is 3.88. The van der Waals surface area contributed by atoms with E-state index in [-0.39, 0.29) is 41.5 Å². The van der Waals surface area contributed by atoms with Gasteiger partial charge in [0, 0.05) is 18.0 Å². The predicted octanol–water partition coefficient (Wildman–Crippen LogP) is 3.65. The first kappa shape index (κ1) is 24.4. The maximum Gasteiger partial charge on any atom is 0.241 e. The van der Waals surface area contributed by atoms with Gasteiger partial charge in [0.2, 0.25) is 23.6 Å². The molecule has 6 atom stereocenters. The summed E-state index contributed by atoms with van der Waals surface area (Å²) in [6.07, 6.45) is 2.64. The Labute approximate surface area is 220 Å². The van der Waals surface area contributed by atoms with Gasteiger partial charge in [-0.25, -0.2) is 4.90 Å². The Kier molecular flexibility index (Phi) is 5.49. The SMILES string of the molecule is CCN1C(=O)[C@H]2[C@H](CC=C3[C@H]2C[C@H]2C(=O)N(c4ccccc4)C(=O)[C@@]2(C)[C@H]3c2cccc(OC)c2O)C1=O. The highest BCUT2D eigenvalue weighted by atomic mass is 16.5. The Hall–Kier alpha value is -3.94. The van der Waals surface area contributed by atoms with Gasteiger partial charge in [-0.3, -0.25) is 24.1 Å². The quantitative estimate of drug-likeness (QED) is 0.493. The number of hydrogen-bond donors (Lipinski definition) is 1. The molecule has 8 nitrogen and oxygen atoms in total. The molecule has 4 aliphatic rings. The molecule has 2 aromatic rings. The van der Waals surface area contributed by atoms with Crippen molar-refractivity contribution in [2.75, 3.05) is 18.6 Å². The van der Waals surface area contributed by atoms with E-state index in [4.69, 9.17) is 4.74 Å². The molecular weight excluding hydrogens is 484 g/mol. The number of benzene rings is 2. The lowest BCUT2D eigenvalue weighted by molar-refractivity contribution is -0.140. The number of ether oxygens (including phenoxy) is 1. The summed E-state index contributed by atoms with van der Waals surface area (Å²) in [5.74, 6) is -3.74. The summed E-state index contributed by atoms with van der Waals surface area (Å²) in [7, 11) is 1.46. The molecule has 1 N–H and O–H groups in total. The van der Waals surface area contributed by atoms with Gasteiger partial charge < -0.3 is 9.84 Å². The number of methoxy groups -OCH3 is 1. The number of fused-ring (bicyclic) bond motifs is 4. The molecular formula is C30H30N2O6. The van der Waals surface area contributed by atoms with Crippen molar-refractivity contribution in [2.24, 2.45) is 29.1 Å². The van der Waals surface area contributed by atoms with Crippen LogP contribution in [0.15, 0.2) is 60.2 Å². The van der Waals surface area contributed by atoms with Crippen LogP contribution >= 0.6 is 0 Å². The maximum absolute atomic E-state index is 14.3. The number of para-hydroxylation sites is 2. The van der Waals surface area contributed by atoms with Gasteiger partial charge >= 0.3 is 0 Å². The molecule has 38 heavy (non-hydrogen) atoms. The minimum atomic E-state index is -1.21. The Morgan fingerprint density at radius 1 is 0.974 bits per heavy atom. The highest BCUT2D eigenvalue weighted by molar-refractivity contribution is 6.24. The van der Waals surface area contributed by atoms with E-state index >= 15 is 0 Å². The number of allylic oxidation sites excluding steroid dienone is 2. The monoisotopic (exact) mass is 514 g/mol. The number of hydrogen-bond acceptors (Lipinski definition) is 6. The van der Waals surface area contributed by atoms with Gasteiger partial charge in [0.15, 0.2) is 11.5 Å². The molecule has 1 saturated carbocycles. The molecule has 6 rings (SSSR count). The molecule has 2 heterocycles. The summed E-state index contributed by atoms with van der Waals surface area (Å²) < 4.78 is 5.39. The predicted molar refractivity (Wildman–Crippen MR) is 138 cm³/mol. The first-order chi connectivity index (χ1) is 18.2. The molecule has 2 aromatic carbocycles. The van der Waals surface area contributed by atoms with Crippen molar-refractivity contribution in [3.05, 3.63) is 65.7 Å². The largest absolute Gasteiger partial charge is 0.504 e.